The molecular formula is C16H10F2N2O6. The van der Waals surface area contributed by atoms with Gasteiger partial charge in [0.25, 0.3) is 5.69 Å². The van der Waals surface area contributed by atoms with E-state index in [2.05, 4.69) is 0 Å². The summed E-state index contributed by atoms with van der Waals surface area (Å²) in [6, 6.07) is 6.56. The first-order valence-corrected chi connectivity index (χ1v) is 7.24. The Morgan fingerprint density at radius 3 is 2.50 bits per heavy atom. The van der Waals surface area contributed by atoms with Crippen LogP contribution in [0.5, 0.6) is 5.75 Å². The van der Waals surface area contributed by atoms with Crippen LogP contribution in [0.25, 0.3) is 0 Å². The van der Waals surface area contributed by atoms with Gasteiger partial charge in [-0.1, -0.05) is 6.07 Å². The molecule has 0 N–H and O–H groups in total. The molecule has 26 heavy (non-hydrogen) atoms. The maximum absolute atomic E-state index is 13.4. The minimum absolute atomic E-state index is 0.0377. The molecule has 134 valence electrons. The standard InChI is InChI=1S/C16H10F2N2O6/c17-12-6-1-9(7-13(12)18)14-8-25-15(21)19(14)16(22)26-11-4-2-10(3-5-11)20(23)24/h1-7,14H,8H2. The van der Waals surface area contributed by atoms with Gasteiger partial charge in [-0.05, 0) is 29.8 Å². The second kappa shape index (κ2) is 6.75. The number of carbonyl (C=O) groups excluding carboxylic acids is 2. The number of carbonyl (C=O) groups is 2. The molecule has 2 aromatic carbocycles. The number of non-ortho nitro benzene ring substituents is 1. The largest absolute Gasteiger partial charge is 0.446 e. The SMILES string of the molecule is O=C1OCC(c2ccc(F)c(F)c2)N1C(=O)Oc1ccc([N+](=O)[O-])cc1. The van der Waals surface area contributed by atoms with Crippen LogP contribution in [-0.4, -0.2) is 28.6 Å². The number of hydrogen-bond acceptors (Lipinski definition) is 6. The van der Waals surface area contributed by atoms with Crippen molar-refractivity contribution in [2.24, 2.45) is 0 Å². The number of ether oxygens (including phenoxy) is 2. The summed E-state index contributed by atoms with van der Waals surface area (Å²) in [6.45, 7) is -0.251. The fraction of sp³-hybridized carbons (Fsp3) is 0.125. The Hall–Kier alpha value is -3.56. The molecule has 0 saturated carbocycles. The molecule has 1 heterocycles. The molecule has 1 aliphatic rings. The third-order valence-electron chi connectivity index (χ3n) is 3.65. The van der Waals surface area contributed by atoms with Crippen molar-refractivity contribution in [3.63, 3.8) is 0 Å². The van der Waals surface area contributed by atoms with Gasteiger partial charge in [-0.15, -0.1) is 0 Å². The fourth-order valence-corrected chi connectivity index (χ4v) is 2.37. The number of amides is 2. The van der Waals surface area contributed by atoms with Crippen LogP contribution < -0.4 is 4.74 Å². The van der Waals surface area contributed by atoms with Crippen LogP contribution in [0, 0.1) is 21.7 Å². The van der Waals surface area contributed by atoms with Crippen LogP contribution in [-0.2, 0) is 4.74 Å². The molecule has 2 aromatic rings. The Morgan fingerprint density at radius 2 is 1.88 bits per heavy atom. The van der Waals surface area contributed by atoms with Crippen molar-refractivity contribution >= 4 is 17.9 Å². The number of imide groups is 1. The van der Waals surface area contributed by atoms with Gasteiger partial charge in [0.1, 0.15) is 18.4 Å². The van der Waals surface area contributed by atoms with Gasteiger partial charge in [0, 0.05) is 12.1 Å². The number of nitro benzene ring substituents is 1. The summed E-state index contributed by atoms with van der Waals surface area (Å²) in [7, 11) is 0. The summed E-state index contributed by atoms with van der Waals surface area (Å²) >= 11 is 0. The predicted octanol–water partition coefficient (Wildman–Crippen LogP) is 3.57. The van der Waals surface area contributed by atoms with Crippen LogP contribution in [0.3, 0.4) is 0 Å². The van der Waals surface area contributed by atoms with E-state index in [1.165, 1.54) is 18.2 Å². The number of nitro groups is 1. The van der Waals surface area contributed by atoms with Gasteiger partial charge in [-0.25, -0.2) is 23.3 Å². The minimum Gasteiger partial charge on any atom is -0.446 e. The second-order valence-corrected chi connectivity index (χ2v) is 5.26. The third kappa shape index (κ3) is 3.29. The van der Waals surface area contributed by atoms with Gasteiger partial charge >= 0.3 is 12.2 Å². The van der Waals surface area contributed by atoms with Crippen molar-refractivity contribution in [1.29, 1.82) is 0 Å². The Kier molecular flexibility index (Phi) is 4.48. The molecule has 0 aliphatic carbocycles. The lowest BCUT2D eigenvalue weighted by Crippen LogP contribution is -2.36. The van der Waals surface area contributed by atoms with Gasteiger partial charge < -0.3 is 9.47 Å². The molecule has 3 rings (SSSR count). The van der Waals surface area contributed by atoms with Crippen LogP contribution in [0.15, 0.2) is 42.5 Å². The van der Waals surface area contributed by atoms with Crippen molar-refractivity contribution in [2.45, 2.75) is 6.04 Å². The smallest absolute Gasteiger partial charge is 0.425 e. The Balaban J connectivity index is 1.80. The number of benzene rings is 2. The van der Waals surface area contributed by atoms with E-state index in [1.807, 2.05) is 0 Å². The lowest BCUT2D eigenvalue weighted by Gasteiger charge is -2.19. The van der Waals surface area contributed by atoms with Gasteiger partial charge in [-0.2, -0.15) is 0 Å². The zero-order chi connectivity index (χ0) is 18.8. The summed E-state index contributed by atoms with van der Waals surface area (Å²) in [5.41, 5.74) is -0.0551. The van der Waals surface area contributed by atoms with Crippen LogP contribution in [0.4, 0.5) is 24.1 Å². The Bertz CT molecular complexity index is 887. The molecule has 1 aliphatic heterocycles. The number of halogens is 2. The summed E-state index contributed by atoms with van der Waals surface area (Å²) in [4.78, 5) is 34.7. The van der Waals surface area contributed by atoms with Gasteiger partial charge in [0.2, 0.25) is 0 Å². The van der Waals surface area contributed by atoms with E-state index in [-0.39, 0.29) is 23.6 Å². The highest BCUT2D eigenvalue weighted by molar-refractivity contribution is 5.90. The van der Waals surface area contributed by atoms with Crippen LogP contribution in [0.2, 0.25) is 0 Å². The summed E-state index contributed by atoms with van der Waals surface area (Å²) in [5, 5.41) is 10.6. The summed E-state index contributed by atoms with van der Waals surface area (Å²) in [5.74, 6) is -2.24. The molecule has 1 fully saturated rings. The fourth-order valence-electron chi connectivity index (χ4n) is 2.37. The van der Waals surface area contributed by atoms with Crippen molar-refractivity contribution in [3.05, 3.63) is 69.8 Å². The average Bonchev–Trinajstić information content (AvgIpc) is 2.99. The number of cyclic esters (lactones) is 1. The van der Waals surface area contributed by atoms with E-state index < -0.39 is 34.8 Å². The lowest BCUT2D eigenvalue weighted by atomic mass is 10.1. The molecule has 1 saturated heterocycles. The van der Waals surface area contributed by atoms with E-state index in [1.54, 1.807) is 0 Å². The molecular weight excluding hydrogens is 354 g/mol. The molecule has 0 aromatic heterocycles. The first-order valence-electron chi connectivity index (χ1n) is 7.24. The zero-order valence-corrected chi connectivity index (χ0v) is 12.9. The summed E-state index contributed by atoms with van der Waals surface area (Å²) in [6.07, 6.45) is -2.12. The van der Waals surface area contributed by atoms with E-state index in [9.17, 15) is 28.5 Å². The number of hydrogen-bond donors (Lipinski definition) is 0. The lowest BCUT2D eigenvalue weighted by molar-refractivity contribution is -0.384. The van der Waals surface area contributed by atoms with E-state index in [4.69, 9.17) is 9.47 Å². The first-order chi connectivity index (χ1) is 12.4. The molecule has 0 radical (unpaired) electrons. The van der Waals surface area contributed by atoms with E-state index in [0.717, 1.165) is 24.3 Å². The highest BCUT2D eigenvalue weighted by Crippen LogP contribution is 2.30. The third-order valence-corrected chi connectivity index (χ3v) is 3.65. The molecule has 10 heteroatoms. The zero-order valence-electron chi connectivity index (χ0n) is 12.9. The molecule has 2 amide bonds. The Morgan fingerprint density at radius 1 is 1.19 bits per heavy atom. The normalized spacial score (nSPS) is 16.3. The van der Waals surface area contributed by atoms with Gasteiger partial charge in [0.15, 0.2) is 11.6 Å². The van der Waals surface area contributed by atoms with Crippen molar-refractivity contribution in [2.75, 3.05) is 6.61 Å². The maximum atomic E-state index is 13.4. The highest BCUT2D eigenvalue weighted by atomic mass is 19.2. The maximum Gasteiger partial charge on any atom is 0.425 e. The molecule has 0 spiro atoms. The average molecular weight is 364 g/mol. The highest BCUT2D eigenvalue weighted by Gasteiger charge is 2.40. The minimum atomic E-state index is -1.13. The topological polar surface area (TPSA) is 99.0 Å². The van der Waals surface area contributed by atoms with Crippen molar-refractivity contribution < 1.29 is 32.8 Å². The van der Waals surface area contributed by atoms with Crippen molar-refractivity contribution in [3.8, 4) is 5.75 Å². The van der Waals surface area contributed by atoms with E-state index >= 15 is 0 Å². The first kappa shape index (κ1) is 17.3. The van der Waals surface area contributed by atoms with Crippen LogP contribution >= 0.6 is 0 Å². The quantitative estimate of drug-likeness (QED) is 0.610. The number of rotatable bonds is 3. The molecule has 0 bridgehead atoms. The molecule has 8 nitrogen and oxygen atoms in total. The second-order valence-electron chi connectivity index (χ2n) is 5.26. The molecule has 1 atom stereocenters. The predicted molar refractivity (Wildman–Crippen MR) is 81.4 cm³/mol. The summed E-state index contributed by atoms with van der Waals surface area (Å²) < 4.78 is 36.3. The van der Waals surface area contributed by atoms with Gasteiger partial charge in [-0.3, -0.25) is 10.1 Å². The Labute approximate surface area is 144 Å². The molecule has 1 unspecified atom stereocenters. The number of nitrogens with zero attached hydrogens (tertiary/aromatic N) is 2. The van der Waals surface area contributed by atoms with E-state index in [0.29, 0.717) is 4.90 Å². The van der Waals surface area contributed by atoms with Crippen molar-refractivity contribution in [1.82, 2.24) is 4.90 Å². The van der Waals surface area contributed by atoms with Gasteiger partial charge in [0.05, 0.1) is 4.92 Å². The monoisotopic (exact) mass is 364 g/mol. The van der Waals surface area contributed by atoms with Crippen LogP contribution in [0.1, 0.15) is 11.6 Å².